The van der Waals surface area contributed by atoms with Gasteiger partial charge in [0.25, 0.3) is 11.8 Å². The van der Waals surface area contributed by atoms with E-state index in [0.717, 1.165) is 32.5 Å². The van der Waals surface area contributed by atoms with Gasteiger partial charge in [-0.15, -0.1) is 0 Å². The van der Waals surface area contributed by atoms with Crippen LogP contribution in [0.5, 0.6) is 5.75 Å². The zero-order chi connectivity index (χ0) is 24.4. The Kier molecular flexibility index (Phi) is 5.89. The summed E-state index contributed by atoms with van der Waals surface area (Å²) < 4.78 is 7.24. The zero-order valence-corrected chi connectivity index (χ0v) is 19.1. The van der Waals surface area contributed by atoms with Gasteiger partial charge in [-0.2, -0.15) is 0 Å². The number of nitrogens with zero attached hydrogens (tertiary/aromatic N) is 2. The van der Waals surface area contributed by atoms with Crippen molar-refractivity contribution in [2.24, 2.45) is 0 Å². The van der Waals surface area contributed by atoms with Gasteiger partial charge >= 0.3 is 6.03 Å². The number of barbiturate groups is 1. The molecule has 1 aliphatic heterocycles. The highest BCUT2D eigenvalue weighted by molar-refractivity contribution is 6.31. The summed E-state index contributed by atoms with van der Waals surface area (Å²) in [6.07, 6.45) is 3.49. The predicted octanol–water partition coefficient (Wildman–Crippen LogP) is 4.36. The summed E-state index contributed by atoms with van der Waals surface area (Å²) in [7, 11) is 1.57. The van der Waals surface area contributed by atoms with Crippen molar-refractivity contribution in [1.82, 2.24) is 14.8 Å². The number of amides is 4. The van der Waals surface area contributed by atoms with Gasteiger partial charge in [-0.3, -0.25) is 19.8 Å². The second kappa shape index (κ2) is 9.30. The molecule has 0 atom stereocenters. The Labute approximate surface area is 202 Å². The van der Waals surface area contributed by atoms with E-state index >= 15 is 0 Å². The first-order chi connectivity index (χ1) is 17.0. The van der Waals surface area contributed by atoms with Gasteiger partial charge in [-0.05, 0) is 35.4 Å². The lowest BCUT2D eigenvalue weighted by Crippen LogP contribution is -2.53. The standard InChI is InChI=1S/C28H23N3O4/c1-35-22-13-11-20(12-14-22)17-31-27(33)24(26(32)29-28(31)34)15-21-18-30(16-19-7-3-2-4-8-19)25-10-6-5-9-23(21)25/h2-15,18H,16-17H2,1H3,(H,29,32,34)/b24-15+. The van der Waals surface area contributed by atoms with Crippen molar-refractivity contribution < 1.29 is 19.1 Å². The van der Waals surface area contributed by atoms with Crippen LogP contribution in [0.25, 0.3) is 17.0 Å². The largest absolute Gasteiger partial charge is 0.497 e. The number of carbonyl (C=O) groups excluding carboxylic acids is 3. The van der Waals surface area contributed by atoms with Crippen LogP contribution in [0.3, 0.4) is 0 Å². The lowest BCUT2D eigenvalue weighted by molar-refractivity contribution is -0.130. The first kappa shape index (κ1) is 22.2. The normalized spacial score (nSPS) is 15.1. The molecular weight excluding hydrogens is 442 g/mol. The third kappa shape index (κ3) is 4.44. The van der Waals surface area contributed by atoms with Gasteiger partial charge in [-0.1, -0.05) is 60.7 Å². The molecular formula is C28H23N3O4. The molecule has 7 nitrogen and oxygen atoms in total. The molecule has 1 fully saturated rings. The molecule has 0 saturated carbocycles. The second-order valence-electron chi connectivity index (χ2n) is 8.27. The van der Waals surface area contributed by atoms with Crippen LogP contribution in [0.2, 0.25) is 0 Å². The quantitative estimate of drug-likeness (QED) is 0.339. The van der Waals surface area contributed by atoms with Crippen LogP contribution in [0.1, 0.15) is 16.7 Å². The average molecular weight is 466 g/mol. The van der Waals surface area contributed by atoms with Crippen LogP contribution in [0.15, 0.2) is 90.6 Å². The number of benzene rings is 3. The first-order valence-electron chi connectivity index (χ1n) is 11.2. The number of ether oxygens (including phenoxy) is 1. The van der Waals surface area contributed by atoms with Crippen LogP contribution < -0.4 is 10.1 Å². The lowest BCUT2D eigenvalue weighted by atomic mass is 10.1. The summed E-state index contributed by atoms with van der Waals surface area (Å²) in [5.74, 6) is -0.661. The van der Waals surface area contributed by atoms with Crippen molar-refractivity contribution in [2.75, 3.05) is 7.11 Å². The molecule has 2 heterocycles. The first-order valence-corrected chi connectivity index (χ1v) is 11.2. The van der Waals surface area contributed by atoms with Crippen molar-refractivity contribution in [3.05, 3.63) is 107 Å². The van der Waals surface area contributed by atoms with Gasteiger partial charge < -0.3 is 9.30 Å². The monoisotopic (exact) mass is 465 g/mol. The van der Waals surface area contributed by atoms with Crippen molar-refractivity contribution in [1.29, 1.82) is 0 Å². The molecule has 0 unspecified atom stereocenters. The lowest BCUT2D eigenvalue weighted by Gasteiger charge is -2.26. The Bertz CT molecular complexity index is 1450. The number of rotatable bonds is 6. The Hall–Kier alpha value is -4.65. The smallest absolute Gasteiger partial charge is 0.331 e. The van der Waals surface area contributed by atoms with E-state index in [-0.39, 0.29) is 12.1 Å². The SMILES string of the molecule is COc1ccc(CN2C(=O)NC(=O)/C(=C\c3cn(Cc4ccccc4)c4ccccc34)C2=O)cc1. The summed E-state index contributed by atoms with van der Waals surface area (Å²) >= 11 is 0. The van der Waals surface area contributed by atoms with E-state index in [1.54, 1.807) is 37.5 Å². The van der Waals surface area contributed by atoms with E-state index in [1.165, 1.54) is 0 Å². The molecule has 0 spiro atoms. The van der Waals surface area contributed by atoms with E-state index in [4.69, 9.17) is 4.74 Å². The Balaban J connectivity index is 1.49. The fourth-order valence-electron chi connectivity index (χ4n) is 4.21. The minimum atomic E-state index is -0.737. The molecule has 0 aliphatic carbocycles. The van der Waals surface area contributed by atoms with Gasteiger partial charge in [0.05, 0.1) is 13.7 Å². The van der Waals surface area contributed by atoms with Gasteiger partial charge in [0.15, 0.2) is 0 Å². The van der Waals surface area contributed by atoms with E-state index < -0.39 is 17.8 Å². The average Bonchev–Trinajstić information content (AvgIpc) is 3.22. The molecule has 1 N–H and O–H groups in total. The number of aromatic nitrogens is 1. The molecule has 3 aromatic carbocycles. The van der Waals surface area contributed by atoms with Crippen molar-refractivity contribution in [3.8, 4) is 5.75 Å². The van der Waals surface area contributed by atoms with E-state index in [1.807, 2.05) is 60.8 Å². The third-order valence-electron chi connectivity index (χ3n) is 6.00. The number of hydrogen-bond acceptors (Lipinski definition) is 4. The van der Waals surface area contributed by atoms with Crippen LogP contribution in [-0.2, 0) is 22.7 Å². The third-order valence-corrected chi connectivity index (χ3v) is 6.00. The van der Waals surface area contributed by atoms with Crippen LogP contribution >= 0.6 is 0 Å². The zero-order valence-electron chi connectivity index (χ0n) is 19.1. The van der Waals surface area contributed by atoms with Crippen molar-refractivity contribution in [3.63, 3.8) is 0 Å². The van der Waals surface area contributed by atoms with E-state index in [2.05, 4.69) is 9.88 Å². The number of imide groups is 2. The van der Waals surface area contributed by atoms with Crippen LogP contribution in [-0.4, -0.2) is 34.4 Å². The minimum Gasteiger partial charge on any atom is -0.497 e. The highest BCUT2D eigenvalue weighted by Crippen LogP contribution is 2.26. The predicted molar refractivity (Wildman–Crippen MR) is 133 cm³/mol. The number of urea groups is 1. The van der Waals surface area contributed by atoms with E-state index in [9.17, 15) is 14.4 Å². The number of methoxy groups -OCH3 is 1. The van der Waals surface area contributed by atoms with Gasteiger partial charge in [0.1, 0.15) is 11.3 Å². The Morgan fingerprint density at radius 3 is 2.26 bits per heavy atom. The maximum absolute atomic E-state index is 13.3. The molecule has 5 rings (SSSR count). The molecule has 174 valence electrons. The minimum absolute atomic E-state index is 0.0368. The highest BCUT2D eigenvalue weighted by Gasteiger charge is 2.35. The summed E-state index contributed by atoms with van der Waals surface area (Å²) in [6.45, 7) is 0.682. The summed E-state index contributed by atoms with van der Waals surface area (Å²) in [5, 5.41) is 3.21. The molecule has 0 bridgehead atoms. The molecule has 35 heavy (non-hydrogen) atoms. The molecule has 0 radical (unpaired) electrons. The molecule has 1 aromatic heterocycles. The molecule has 4 aromatic rings. The number of carbonyl (C=O) groups is 3. The van der Waals surface area contributed by atoms with Gasteiger partial charge in [-0.25, -0.2) is 4.79 Å². The topological polar surface area (TPSA) is 80.6 Å². The number of nitrogens with one attached hydrogen (secondary N) is 1. The summed E-state index contributed by atoms with van der Waals surface area (Å²) in [6, 6.07) is 24.2. The fraction of sp³-hybridized carbons (Fsp3) is 0.107. The van der Waals surface area contributed by atoms with Crippen molar-refractivity contribution in [2.45, 2.75) is 13.1 Å². The maximum Gasteiger partial charge on any atom is 0.331 e. The molecule has 7 heteroatoms. The summed E-state index contributed by atoms with van der Waals surface area (Å²) in [4.78, 5) is 39.4. The van der Waals surface area contributed by atoms with E-state index in [0.29, 0.717) is 12.3 Å². The number of hydrogen-bond donors (Lipinski definition) is 1. The number of para-hydroxylation sites is 1. The van der Waals surface area contributed by atoms with Gasteiger partial charge in [0.2, 0.25) is 0 Å². The molecule has 1 saturated heterocycles. The highest BCUT2D eigenvalue weighted by atomic mass is 16.5. The maximum atomic E-state index is 13.3. The Morgan fingerprint density at radius 1 is 0.829 bits per heavy atom. The summed E-state index contributed by atoms with van der Waals surface area (Å²) in [5.41, 5.74) is 3.50. The van der Waals surface area contributed by atoms with Gasteiger partial charge in [0, 0.05) is 29.2 Å². The Morgan fingerprint density at radius 2 is 1.51 bits per heavy atom. The van der Waals surface area contributed by atoms with Crippen LogP contribution in [0.4, 0.5) is 4.79 Å². The van der Waals surface area contributed by atoms with Crippen LogP contribution in [0, 0.1) is 0 Å². The molecule has 4 amide bonds. The fourth-order valence-corrected chi connectivity index (χ4v) is 4.21. The number of fused-ring (bicyclic) bond motifs is 1. The second-order valence-corrected chi connectivity index (χ2v) is 8.27. The van der Waals surface area contributed by atoms with Crippen molar-refractivity contribution >= 4 is 34.8 Å². The molecule has 1 aliphatic rings.